The SMILES string of the molecule is CCCNC(C)c1cc(Br)ccc1-n1ccnc1CCC. The first-order valence-electron chi connectivity index (χ1n) is 7.72. The first-order valence-corrected chi connectivity index (χ1v) is 8.52. The van der Waals surface area contributed by atoms with Gasteiger partial charge in [-0.2, -0.15) is 0 Å². The van der Waals surface area contributed by atoms with Gasteiger partial charge in [0, 0.05) is 29.3 Å². The van der Waals surface area contributed by atoms with Crippen LogP contribution in [0.4, 0.5) is 0 Å². The normalized spacial score (nSPS) is 12.6. The molecule has 0 saturated carbocycles. The van der Waals surface area contributed by atoms with Gasteiger partial charge in [-0.15, -0.1) is 0 Å². The molecular weight excluding hydrogens is 326 g/mol. The van der Waals surface area contributed by atoms with Gasteiger partial charge in [-0.1, -0.05) is 29.8 Å². The zero-order chi connectivity index (χ0) is 15.2. The van der Waals surface area contributed by atoms with Crippen LogP contribution in [0.5, 0.6) is 0 Å². The average Bonchev–Trinajstić information content (AvgIpc) is 2.93. The second kappa shape index (κ2) is 7.76. The average molecular weight is 350 g/mol. The minimum absolute atomic E-state index is 0.314. The van der Waals surface area contributed by atoms with Crippen LogP contribution in [-0.2, 0) is 6.42 Å². The van der Waals surface area contributed by atoms with Gasteiger partial charge in [0.2, 0.25) is 0 Å². The fourth-order valence-electron chi connectivity index (χ4n) is 2.52. The van der Waals surface area contributed by atoms with Crippen LogP contribution >= 0.6 is 15.9 Å². The Kier molecular flexibility index (Phi) is 6.00. The number of halogens is 1. The zero-order valence-corrected chi connectivity index (χ0v) is 14.7. The van der Waals surface area contributed by atoms with Crippen molar-refractivity contribution in [3.05, 3.63) is 46.5 Å². The molecule has 0 fully saturated rings. The molecule has 1 unspecified atom stereocenters. The number of nitrogens with zero attached hydrogens (tertiary/aromatic N) is 2. The van der Waals surface area contributed by atoms with Crippen LogP contribution in [0.25, 0.3) is 5.69 Å². The number of imidazole rings is 1. The van der Waals surface area contributed by atoms with Gasteiger partial charge in [0.25, 0.3) is 0 Å². The third-order valence-electron chi connectivity index (χ3n) is 3.61. The molecule has 0 aliphatic carbocycles. The van der Waals surface area contributed by atoms with Crippen molar-refractivity contribution in [3.8, 4) is 5.69 Å². The fraction of sp³-hybridized carbons (Fsp3) is 0.471. The molecule has 0 amide bonds. The summed E-state index contributed by atoms with van der Waals surface area (Å²) in [6.07, 6.45) is 7.19. The van der Waals surface area contributed by atoms with Crippen molar-refractivity contribution in [1.29, 1.82) is 0 Å². The summed E-state index contributed by atoms with van der Waals surface area (Å²) < 4.78 is 3.33. The number of aryl methyl sites for hydroxylation is 1. The van der Waals surface area contributed by atoms with Crippen molar-refractivity contribution < 1.29 is 0 Å². The molecule has 0 bridgehead atoms. The first-order chi connectivity index (χ1) is 10.2. The van der Waals surface area contributed by atoms with E-state index in [1.807, 2.05) is 6.20 Å². The second-order valence-corrected chi connectivity index (χ2v) is 6.26. The minimum atomic E-state index is 0.314. The van der Waals surface area contributed by atoms with E-state index in [9.17, 15) is 0 Å². The molecule has 21 heavy (non-hydrogen) atoms. The molecule has 1 atom stereocenters. The lowest BCUT2D eigenvalue weighted by atomic mass is 10.1. The third kappa shape index (κ3) is 3.95. The summed E-state index contributed by atoms with van der Waals surface area (Å²) in [6, 6.07) is 6.79. The lowest BCUT2D eigenvalue weighted by molar-refractivity contribution is 0.567. The molecule has 0 radical (unpaired) electrons. The van der Waals surface area contributed by atoms with E-state index < -0.39 is 0 Å². The zero-order valence-electron chi connectivity index (χ0n) is 13.1. The predicted octanol–water partition coefficient (Wildman–Crippen LogP) is 4.65. The molecule has 1 heterocycles. The lowest BCUT2D eigenvalue weighted by Gasteiger charge is -2.20. The van der Waals surface area contributed by atoms with Crippen LogP contribution in [0.15, 0.2) is 35.1 Å². The molecule has 3 nitrogen and oxygen atoms in total. The van der Waals surface area contributed by atoms with Crippen molar-refractivity contribution in [3.63, 3.8) is 0 Å². The van der Waals surface area contributed by atoms with E-state index in [1.54, 1.807) is 0 Å². The Morgan fingerprint density at radius 3 is 2.81 bits per heavy atom. The number of rotatable bonds is 7. The van der Waals surface area contributed by atoms with Gasteiger partial charge in [0.1, 0.15) is 5.82 Å². The first kappa shape index (κ1) is 16.2. The molecule has 1 N–H and O–H groups in total. The molecule has 0 aliphatic rings. The van der Waals surface area contributed by atoms with E-state index in [0.717, 1.165) is 36.1 Å². The molecule has 2 aromatic rings. The maximum absolute atomic E-state index is 4.50. The van der Waals surface area contributed by atoms with Crippen LogP contribution in [0.1, 0.15) is 51.0 Å². The summed E-state index contributed by atoms with van der Waals surface area (Å²) in [4.78, 5) is 4.50. The topological polar surface area (TPSA) is 29.9 Å². The van der Waals surface area contributed by atoms with Crippen LogP contribution in [0.2, 0.25) is 0 Å². The molecule has 0 saturated heterocycles. The number of aromatic nitrogens is 2. The van der Waals surface area contributed by atoms with Gasteiger partial charge in [0.15, 0.2) is 0 Å². The number of hydrogen-bond donors (Lipinski definition) is 1. The Morgan fingerprint density at radius 1 is 1.29 bits per heavy atom. The van der Waals surface area contributed by atoms with Crippen molar-refractivity contribution in [2.75, 3.05) is 6.54 Å². The Balaban J connectivity index is 2.40. The monoisotopic (exact) mass is 349 g/mol. The summed E-state index contributed by atoms with van der Waals surface area (Å²) >= 11 is 3.59. The third-order valence-corrected chi connectivity index (χ3v) is 4.10. The Morgan fingerprint density at radius 2 is 2.10 bits per heavy atom. The molecule has 4 heteroatoms. The number of benzene rings is 1. The standard InChI is InChI=1S/C17H24BrN3/c1-4-6-17-20-10-11-21(17)16-8-7-14(18)12-15(16)13(3)19-9-5-2/h7-8,10-13,19H,4-6,9H2,1-3H3. The van der Waals surface area contributed by atoms with Gasteiger partial charge < -0.3 is 9.88 Å². The van der Waals surface area contributed by atoms with Gasteiger partial charge >= 0.3 is 0 Å². The van der Waals surface area contributed by atoms with Gasteiger partial charge in [-0.25, -0.2) is 4.98 Å². The van der Waals surface area contributed by atoms with Crippen molar-refractivity contribution in [1.82, 2.24) is 14.9 Å². The summed E-state index contributed by atoms with van der Waals surface area (Å²) in [5, 5.41) is 3.58. The van der Waals surface area contributed by atoms with E-state index in [-0.39, 0.29) is 0 Å². The molecule has 0 aliphatic heterocycles. The van der Waals surface area contributed by atoms with Crippen LogP contribution in [0.3, 0.4) is 0 Å². The summed E-state index contributed by atoms with van der Waals surface area (Å²) in [5.41, 5.74) is 2.52. The smallest absolute Gasteiger partial charge is 0.113 e. The van der Waals surface area contributed by atoms with Crippen LogP contribution in [0, 0.1) is 0 Å². The summed E-state index contributed by atoms with van der Waals surface area (Å²) in [7, 11) is 0. The van der Waals surface area contributed by atoms with E-state index in [2.05, 4.69) is 76.0 Å². The van der Waals surface area contributed by atoms with E-state index in [0.29, 0.717) is 6.04 Å². The van der Waals surface area contributed by atoms with E-state index in [4.69, 9.17) is 0 Å². The van der Waals surface area contributed by atoms with Gasteiger partial charge in [0.05, 0.1) is 5.69 Å². The highest BCUT2D eigenvalue weighted by Gasteiger charge is 2.14. The second-order valence-electron chi connectivity index (χ2n) is 5.34. The highest BCUT2D eigenvalue weighted by atomic mass is 79.9. The Labute approximate surface area is 135 Å². The molecular formula is C17H24BrN3. The quantitative estimate of drug-likeness (QED) is 0.788. The summed E-state index contributed by atoms with van der Waals surface area (Å²) in [6.45, 7) is 7.62. The van der Waals surface area contributed by atoms with E-state index >= 15 is 0 Å². The van der Waals surface area contributed by atoms with Gasteiger partial charge in [-0.05, 0) is 50.1 Å². The lowest BCUT2D eigenvalue weighted by Crippen LogP contribution is -2.21. The summed E-state index contributed by atoms with van der Waals surface area (Å²) in [5.74, 6) is 1.13. The number of hydrogen-bond acceptors (Lipinski definition) is 2. The largest absolute Gasteiger partial charge is 0.310 e. The van der Waals surface area contributed by atoms with Crippen molar-refractivity contribution in [2.24, 2.45) is 0 Å². The highest BCUT2D eigenvalue weighted by molar-refractivity contribution is 9.10. The Bertz CT molecular complexity index is 577. The van der Waals surface area contributed by atoms with E-state index in [1.165, 1.54) is 11.3 Å². The molecule has 1 aromatic carbocycles. The highest BCUT2D eigenvalue weighted by Crippen LogP contribution is 2.26. The fourth-order valence-corrected chi connectivity index (χ4v) is 2.90. The number of nitrogens with one attached hydrogen (secondary N) is 1. The van der Waals surface area contributed by atoms with Crippen molar-refractivity contribution >= 4 is 15.9 Å². The molecule has 1 aromatic heterocycles. The molecule has 114 valence electrons. The van der Waals surface area contributed by atoms with Crippen molar-refractivity contribution in [2.45, 2.75) is 46.1 Å². The maximum atomic E-state index is 4.50. The minimum Gasteiger partial charge on any atom is -0.310 e. The predicted molar refractivity (Wildman–Crippen MR) is 92.0 cm³/mol. The molecule has 0 spiro atoms. The van der Waals surface area contributed by atoms with Gasteiger partial charge in [-0.3, -0.25) is 0 Å². The maximum Gasteiger partial charge on any atom is 0.113 e. The Hall–Kier alpha value is -1.13. The van der Waals surface area contributed by atoms with Crippen LogP contribution < -0.4 is 5.32 Å². The van der Waals surface area contributed by atoms with Crippen LogP contribution in [-0.4, -0.2) is 16.1 Å². The molecule has 2 rings (SSSR count).